The fourth-order valence-corrected chi connectivity index (χ4v) is 3.99. The number of hydrogen-bond donors (Lipinski definition) is 0. The highest BCUT2D eigenvalue weighted by atomic mass is 16.5. The Morgan fingerprint density at radius 3 is 1.91 bits per heavy atom. The molecule has 2 rings (SSSR count). The molecule has 2 aromatic rings. The van der Waals surface area contributed by atoms with E-state index in [-0.39, 0.29) is 0 Å². The number of aryl methyl sites for hydroxylation is 1. The van der Waals surface area contributed by atoms with Gasteiger partial charge in [0.05, 0.1) is 6.61 Å². The first-order valence-corrected chi connectivity index (χ1v) is 13.2. The molecule has 32 heavy (non-hydrogen) atoms. The predicted molar refractivity (Wildman–Crippen MR) is 137 cm³/mol. The van der Waals surface area contributed by atoms with Crippen LogP contribution in [0.3, 0.4) is 0 Å². The van der Waals surface area contributed by atoms with Crippen molar-refractivity contribution in [2.75, 3.05) is 6.61 Å². The molecule has 1 aromatic heterocycles. The van der Waals surface area contributed by atoms with E-state index < -0.39 is 0 Å². The third-order valence-electron chi connectivity index (χ3n) is 6.08. The molecule has 0 atom stereocenters. The molecule has 0 aliphatic rings. The highest BCUT2D eigenvalue weighted by molar-refractivity contribution is 5.55. The summed E-state index contributed by atoms with van der Waals surface area (Å²) in [6.07, 6.45) is 22.4. The molecule has 3 nitrogen and oxygen atoms in total. The van der Waals surface area contributed by atoms with Crippen molar-refractivity contribution in [1.29, 1.82) is 0 Å². The number of ether oxygens (including phenoxy) is 1. The van der Waals surface area contributed by atoms with E-state index >= 15 is 0 Å². The zero-order valence-electron chi connectivity index (χ0n) is 21.0. The Labute approximate surface area is 197 Å². The van der Waals surface area contributed by atoms with Crippen LogP contribution >= 0.6 is 0 Å². The van der Waals surface area contributed by atoms with E-state index in [1.165, 1.54) is 82.6 Å². The van der Waals surface area contributed by atoms with Crippen molar-refractivity contribution in [2.24, 2.45) is 5.92 Å². The first-order valence-electron chi connectivity index (χ1n) is 13.2. The highest BCUT2D eigenvalue weighted by Crippen LogP contribution is 2.20. The zero-order valence-corrected chi connectivity index (χ0v) is 21.0. The van der Waals surface area contributed by atoms with Crippen LogP contribution in [0.1, 0.15) is 110 Å². The third kappa shape index (κ3) is 11.6. The molecule has 0 radical (unpaired) electrons. The minimum atomic E-state index is 0.774. The number of rotatable bonds is 18. The Morgan fingerprint density at radius 2 is 1.31 bits per heavy atom. The Kier molecular flexibility index (Phi) is 13.7. The van der Waals surface area contributed by atoms with Gasteiger partial charge in [0, 0.05) is 18.0 Å². The van der Waals surface area contributed by atoms with Crippen LogP contribution in [0.4, 0.5) is 0 Å². The minimum Gasteiger partial charge on any atom is -0.494 e. The zero-order chi connectivity index (χ0) is 22.9. The van der Waals surface area contributed by atoms with E-state index in [0.29, 0.717) is 0 Å². The average Bonchev–Trinajstić information content (AvgIpc) is 2.81. The molecule has 0 aliphatic heterocycles. The maximum Gasteiger partial charge on any atom is 0.159 e. The van der Waals surface area contributed by atoms with Crippen LogP contribution < -0.4 is 4.74 Å². The Morgan fingerprint density at radius 1 is 0.719 bits per heavy atom. The SMILES string of the molecule is CCCCCCCCCCCCc1cnc(-c2ccc(OCCCCC(C)C)cc2)nc1. The topological polar surface area (TPSA) is 35.0 Å². The summed E-state index contributed by atoms with van der Waals surface area (Å²) in [6.45, 7) is 7.61. The molecule has 178 valence electrons. The number of nitrogens with zero attached hydrogens (tertiary/aromatic N) is 2. The van der Waals surface area contributed by atoms with Crippen molar-refractivity contribution in [3.05, 3.63) is 42.2 Å². The lowest BCUT2D eigenvalue weighted by molar-refractivity contribution is 0.301. The summed E-state index contributed by atoms with van der Waals surface area (Å²) in [5.41, 5.74) is 2.29. The van der Waals surface area contributed by atoms with Crippen LogP contribution in [0.2, 0.25) is 0 Å². The second kappa shape index (κ2) is 16.7. The van der Waals surface area contributed by atoms with E-state index in [1.807, 2.05) is 24.5 Å². The quantitative estimate of drug-likeness (QED) is 0.218. The smallest absolute Gasteiger partial charge is 0.159 e. The molecular weight excluding hydrogens is 392 g/mol. The van der Waals surface area contributed by atoms with Crippen molar-refractivity contribution in [2.45, 2.75) is 111 Å². The highest BCUT2D eigenvalue weighted by Gasteiger charge is 2.03. The molecule has 0 amide bonds. The summed E-state index contributed by atoms with van der Waals surface area (Å²) in [6, 6.07) is 8.17. The number of aromatic nitrogens is 2. The number of hydrogen-bond acceptors (Lipinski definition) is 3. The number of unbranched alkanes of at least 4 members (excludes halogenated alkanes) is 10. The lowest BCUT2D eigenvalue weighted by atomic mass is 10.0. The van der Waals surface area contributed by atoms with E-state index in [0.717, 1.165) is 42.5 Å². The maximum absolute atomic E-state index is 5.86. The molecule has 0 aliphatic carbocycles. The van der Waals surface area contributed by atoms with Gasteiger partial charge in [0.1, 0.15) is 5.75 Å². The molecule has 0 unspecified atom stereocenters. The first kappa shape index (κ1) is 26.4. The summed E-state index contributed by atoms with van der Waals surface area (Å²) in [5.74, 6) is 2.49. The van der Waals surface area contributed by atoms with Crippen LogP contribution in [0.15, 0.2) is 36.7 Å². The van der Waals surface area contributed by atoms with Crippen molar-refractivity contribution < 1.29 is 4.74 Å². The van der Waals surface area contributed by atoms with Gasteiger partial charge in [-0.25, -0.2) is 9.97 Å². The van der Waals surface area contributed by atoms with Gasteiger partial charge < -0.3 is 4.74 Å². The summed E-state index contributed by atoms with van der Waals surface area (Å²) < 4.78 is 5.86. The van der Waals surface area contributed by atoms with Gasteiger partial charge in [0.25, 0.3) is 0 Å². The Balaban J connectivity index is 1.60. The largest absolute Gasteiger partial charge is 0.494 e. The summed E-state index contributed by atoms with van der Waals surface area (Å²) in [5, 5.41) is 0. The molecule has 1 heterocycles. The molecule has 0 saturated carbocycles. The molecule has 0 fully saturated rings. The second-order valence-corrected chi connectivity index (χ2v) is 9.61. The average molecular weight is 439 g/mol. The lowest BCUT2D eigenvalue weighted by Crippen LogP contribution is -1.98. The second-order valence-electron chi connectivity index (χ2n) is 9.61. The van der Waals surface area contributed by atoms with Crippen LogP contribution in [0, 0.1) is 5.92 Å². The Hall–Kier alpha value is -1.90. The van der Waals surface area contributed by atoms with E-state index in [1.54, 1.807) is 0 Å². The standard InChI is InChI=1S/C29H46N2O/c1-4-5-6-7-8-9-10-11-12-13-17-26-23-30-29(31-24-26)27-18-20-28(21-19-27)32-22-15-14-16-25(2)3/h18-21,23-25H,4-17,22H2,1-3H3. The van der Waals surface area contributed by atoms with Gasteiger partial charge in [0.2, 0.25) is 0 Å². The first-order chi connectivity index (χ1) is 15.7. The van der Waals surface area contributed by atoms with E-state index in [4.69, 9.17) is 4.74 Å². The fraction of sp³-hybridized carbons (Fsp3) is 0.655. The van der Waals surface area contributed by atoms with Gasteiger partial charge >= 0.3 is 0 Å². The summed E-state index contributed by atoms with van der Waals surface area (Å²) >= 11 is 0. The lowest BCUT2D eigenvalue weighted by Gasteiger charge is -2.08. The normalized spacial score (nSPS) is 11.2. The van der Waals surface area contributed by atoms with Crippen LogP contribution in [-0.2, 0) is 6.42 Å². The van der Waals surface area contributed by atoms with Gasteiger partial charge in [-0.2, -0.15) is 0 Å². The maximum atomic E-state index is 5.86. The van der Waals surface area contributed by atoms with Crippen LogP contribution in [0.25, 0.3) is 11.4 Å². The molecule has 1 aromatic carbocycles. The van der Waals surface area contributed by atoms with Gasteiger partial charge in [0.15, 0.2) is 5.82 Å². The van der Waals surface area contributed by atoms with E-state index in [2.05, 4.69) is 42.9 Å². The fourth-order valence-electron chi connectivity index (χ4n) is 3.99. The van der Waals surface area contributed by atoms with Crippen molar-refractivity contribution >= 4 is 0 Å². The van der Waals surface area contributed by atoms with E-state index in [9.17, 15) is 0 Å². The molecule has 0 bridgehead atoms. The van der Waals surface area contributed by atoms with Crippen molar-refractivity contribution in [1.82, 2.24) is 9.97 Å². The minimum absolute atomic E-state index is 0.774. The monoisotopic (exact) mass is 438 g/mol. The molecular formula is C29H46N2O. The van der Waals surface area contributed by atoms with Gasteiger partial charge in [-0.1, -0.05) is 85.0 Å². The van der Waals surface area contributed by atoms with Gasteiger partial charge in [-0.15, -0.1) is 0 Å². The molecule has 0 saturated heterocycles. The van der Waals surface area contributed by atoms with Crippen molar-refractivity contribution in [3.63, 3.8) is 0 Å². The predicted octanol–water partition coefficient (Wildman–Crippen LogP) is 8.81. The van der Waals surface area contributed by atoms with Crippen LogP contribution in [0.5, 0.6) is 5.75 Å². The van der Waals surface area contributed by atoms with Crippen LogP contribution in [-0.4, -0.2) is 16.6 Å². The van der Waals surface area contributed by atoms with Gasteiger partial charge in [-0.05, 0) is 61.4 Å². The third-order valence-corrected chi connectivity index (χ3v) is 6.08. The van der Waals surface area contributed by atoms with Gasteiger partial charge in [-0.3, -0.25) is 0 Å². The molecule has 0 spiro atoms. The van der Waals surface area contributed by atoms with Crippen molar-refractivity contribution in [3.8, 4) is 17.1 Å². The Bertz CT molecular complexity index is 694. The summed E-state index contributed by atoms with van der Waals surface area (Å²) in [4.78, 5) is 9.19. The summed E-state index contributed by atoms with van der Waals surface area (Å²) in [7, 11) is 0. The molecule has 3 heteroatoms. The number of benzene rings is 1. The molecule has 0 N–H and O–H groups in total.